The van der Waals surface area contributed by atoms with Gasteiger partial charge >= 0.3 is 0 Å². The summed E-state index contributed by atoms with van der Waals surface area (Å²) < 4.78 is 1.02. The normalized spacial score (nSPS) is 13.3. The first-order valence-corrected chi connectivity index (χ1v) is 5.79. The van der Waals surface area contributed by atoms with E-state index in [1.165, 1.54) is 4.88 Å². The zero-order chi connectivity index (χ0) is 9.14. The fraction of sp³-hybridized carbons (Fsp3) is 0.500. The van der Waals surface area contributed by atoms with Gasteiger partial charge in [0.25, 0.3) is 0 Å². The Morgan fingerprint density at radius 3 is 2.75 bits per heavy atom. The minimum absolute atomic E-state index is 0.429. The van der Waals surface area contributed by atoms with Crippen LogP contribution >= 0.6 is 38.9 Å². The van der Waals surface area contributed by atoms with E-state index in [0.717, 1.165) is 15.2 Å². The van der Waals surface area contributed by atoms with Gasteiger partial charge in [-0.3, -0.25) is 0 Å². The Kier molecular flexibility index (Phi) is 4.03. The second-order valence-corrected chi connectivity index (χ2v) is 5.33. The predicted octanol–water partition coefficient (Wildman–Crippen LogP) is 3.83. The van der Waals surface area contributed by atoms with Crippen LogP contribution in [0.2, 0.25) is 5.02 Å². The molecule has 4 heteroatoms. The second kappa shape index (κ2) is 4.61. The average molecular weight is 269 g/mol. The number of hydrogen-bond donors (Lipinski definition) is 1. The molecule has 0 aliphatic heterocycles. The Hall–Kier alpha value is 0.430. The average Bonchev–Trinajstić information content (AvgIpc) is 2.35. The van der Waals surface area contributed by atoms with Crippen LogP contribution in [0.4, 0.5) is 0 Å². The molecule has 1 unspecified atom stereocenters. The monoisotopic (exact) mass is 267 g/mol. The highest BCUT2D eigenvalue weighted by atomic mass is 79.9. The number of nitrogens with one attached hydrogen (secondary N) is 1. The van der Waals surface area contributed by atoms with Gasteiger partial charge in [-0.1, -0.05) is 18.5 Å². The summed E-state index contributed by atoms with van der Waals surface area (Å²) >= 11 is 11.0. The molecule has 0 aromatic carbocycles. The Bertz CT molecular complexity index is 238. The van der Waals surface area contributed by atoms with E-state index in [1.807, 2.05) is 13.1 Å². The quantitative estimate of drug-likeness (QED) is 0.878. The highest BCUT2D eigenvalue weighted by molar-refractivity contribution is 9.11. The molecule has 0 spiro atoms. The molecule has 1 atom stereocenters. The molecule has 1 nitrogen and oxygen atoms in total. The summed E-state index contributed by atoms with van der Waals surface area (Å²) in [6.07, 6.45) is 1.08. The zero-order valence-electron chi connectivity index (χ0n) is 7.03. The first kappa shape index (κ1) is 10.5. The lowest BCUT2D eigenvalue weighted by atomic mass is 10.2. The van der Waals surface area contributed by atoms with Crippen molar-refractivity contribution in [3.8, 4) is 0 Å². The van der Waals surface area contributed by atoms with E-state index < -0.39 is 0 Å². The Morgan fingerprint density at radius 1 is 1.75 bits per heavy atom. The molecule has 68 valence electrons. The van der Waals surface area contributed by atoms with Gasteiger partial charge in [0.1, 0.15) is 0 Å². The minimum Gasteiger partial charge on any atom is -0.312 e. The summed E-state index contributed by atoms with van der Waals surface area (Å²) in [6, 6.07) is 2.44. The van der Waals surface area contributed by atoms with Crippen molar-refractivity contribution in [3.63, 3.8) is 0 Å². The van der Waals surface area contributed by atoms with Crippen LogP contribution in [0.15, 0.2) is 9.85 Å². The molecule has 1 N–H and O–H groups in total. The zero-order valence-corrected chi connectivity index (χ0v) is 10.2. The van der Waals surface area contributed by atoms with Gasteiger partial charge in [0.2, 0.25) is 0 Å². The van der Waals surface area contributed by atoms with Gasteiger partial charge < -0.3 is 5.32 Å². The van der Waals surface area contributed by atoms with Gasteiger partial charge in [0.15, 0.2) is 0 Å². The van der Waals surface area contributed by atoms with Crippen molar-refractivity contribution in [2.45, 2.75) is 19.4 Å². The Balaban J connectivity index is 2.86. The molecular weight excluding hydrogens is 258 g/mol. The van der Waals surface area contributed by atoms with Crippen LogP contribution in [-0.2, 0) is 0 Å². The minimum atomic E-state index is 0.429. The Morgan fingerprint density at radius 2 is 2.42 bits per heavy atom. The third-order valence-corrected chi connectivity index (χ3v) is 4.35. The molecule has 0 aliphatic rings. The van der Waals surface area contributed by atoms with Crippen LogP contribution in [-0.4, -0.2) is 7.05 Å². The molecule has 0 saturated heterocycles. The maximum atomic E-state index is 5.92. The van der Waals surface area contributed by atoms with Crippen LogP contribution < -0.4 is 5.32 Å². The van der Waals surface area contributed by atoms with Crippen molar-refractivity contribution in [3.05, 3.63) is 19.8 Å². The van der Waals surface area contributed by atoms with Crippen molar-refractivity contribution >= 4 is 38.9 Å². The van der Waals surface area contributed by atoms with Crippen molar-refractivity contribution in [2.24, 2.45) is 0 Å². The third kappa shape index (κ3) is 2.22. The van der Waals surface area contributed by atoms with E-state index >= 15 is 0 Å². The van der Waals surface area contributed by atoms with E-state index in [1.54, 1.807) is 11.3 Å². The maximum Gasteiger partial charge on any atom is 0.0887 e. The van der Waals surface area contributed by atoms with Crippen LogP contribution in [0.1, 0.15) is 24.3 Å². The van der Waals surface area contributed by atoms with Gasteiger partial charge in [-0.25, -0.2) is 0 Å². The predicted molar refractivity (Wildman–Crippen MR) is 59.1 cm³/mol. The van der Waals surface area contributed by atoms with Gasteiger partial charge in [0.05, 0.1) is 8.81 Å². The molecule has 1 aromatic rings. The van der Waals surface area contributed by atoms with Crippen molar-refractivity contribution in [1.29, 1.82) is 0 Å². The first-order valence-electron chi connectivity index (χ1n) is 3.81. The maximum absolute atomic E-state index is 5.92. The summed E-state index contributed by atoms with van der Waals surface area (Å²) in [5.74, 6) is 0. The SMILES string of the molecule is CCC(NC)c1cc(Cl)c(Br)s1. The van der Waals surface area contributed by atoms with Crippen LogP contribution in [0.3, 0.4) is 0 Å². The molecule has 0 fully saturated rings. The fourth-order valence-electron chi connectivity index (χ4n) is 1.08. The lowest BCUT2D eigenvalue weighted by Crippen LogP contribution is -2.13. The van der Waals surface area contributed by atoms with E-state index in [9.17, 15) is 0 Å². The molecular formula is C8H11BrClNS. The van der Waals surface area contributed by atoms with E-state index in [0.29, 0.717) is 6.04 Å². The number of thiophene rings is 1. The smallest absolute Gasteiger partial charge is 0.0887 e. The highest BCUT2D eigenvalue weighted by Gasteiger charge is 2.11. The first-order chi connectivity index (χ1) is 5.69. The highest BCUT2D eigenvalue weighted by Crippen LogP contribution is 2.35. The van der Waals surface area contributed by atoms with Gasteiger partial charge in [-0.15, -0.1) is 11.3 Å². The second-order valence-electron chi connectivity index (χ2n) is 2.52. The molecule has 0 radical (unpaired) electrons. The standard InChI is InChI=1S/C8H11BrClNS/c1-3-6(11-2)7-4-5(10)8(9)12-7/h4,6,11H,3H2,1-2H3. The summed E-state index contributed by atoms with van der Waals surface area (Å²) in [6.45, 7) is 2.16. The molecule has 0 aliphatic carbocycles. The van der Waals surface area contributed by atoms with Gasteiger partial charge in [0, 0.05) is 10.9 Å². The van der Waals surface area contributed by atoms with Crippen molar-refractivity contribution in [2.75, 3.05) is 7.05 Å². The number of hydrogen-bond acceptors (Lipinski definition) is 2. The summed E-state index contributed by atoms with van der Waals surface area (Å²) in [7, 11) is 1.97. The summed E-state index contributed by atoms with van der Waals surface area (Å²) in [5.41, 5.74) is 0. The topological polar surface area (TPSA) is 12.0 Å². The van der Waals surface area contributed by atoms with Gasteiger partial charge in [-0.2, -0.15) is 0 Å². The number of rotatable bonds is 3. The molecule has 0 bridgehead atoms. The summed E-state index contributed by atoms with van der Waals surface area (Å²) in [5, 5.41) is 4.05. The summed E-state index contributed by atoms with van der Waals surface area (Å²) in [4.78, 5) is 1.29. The van der Waals surface area contributed by atoms with E-state index in [4.69, 9.17) is 11.6 Å². The molecule has 0 amide bonds. The van der Waals surface area contributed by atoms with Crippen LogP contribution in [0, 0.1) is 0 Å². The van der Waals surface area contributed by atoms with Crippen molar-refractivity contribution in [1.82, 2.24) is 5.32 Å². The number of halogens is 2. The largest absolute Gasteiger partial charge is 0.312 e. The lowest BCUT2D eigenvalue weighted by Gasteiger charge is -2.10. The lowest BCUT2D eigenvalue weighted by molar-refractivity contribution is 0.586. The molecule has 1 heterocycles. The Labute approximate surface area is 90.3 Å². The molecule has 1 aromatic heterocycles. The van der Waals surface area contributed by atoms with Gasteiger partial charge in [-0.05, 0) is 35.5 Å². The van der Waals surface area contributed by atoms with E-state index in [-0.39, 0.29) is 0 Å². The van der Waals surface area contributed by atoms with Crippen LogP contribution in [0.5, 0.6) is 0 Å². The molecule has 12 heavy (non-hydrogen) atoms. The van der Waals surface area contributed by atoms with Crippen LogP contribution in [0.25, 0.3) is 0 Å². The fourth-order valence-corrected chi connectivity index (χ4v) is 3.02. The molecule has 0 saturated carbocycles. The van der Waals surface area contributed by atoms with Crippen molar-refractivity contribution < 1.29 is 0 Å². The van der Waals surface area contributed by atoms with E-state index in [2.05, 4.69) is 28.2 Å². The third-order valence-electron chi connectivity index (χ3n) is 1.76. The molecule has 1 rings (SSSR count).